The predicted octanol–water partition coefficient (Wildman–Crippen LogP) is 4.85. The predicted molar refractivity (Wildman–Crippen MR) is 177 cm³/mol. The number of nitrogens with one attached hydrogen (secondary N) is 1. The van der Waals surface area contributed by atoms with Crippen LogP contribution >= 0.6 is 0 Å². The summed E-state index contributed by atoms with van der Waals surface area (Å²) in [6.07, 6.45) is -0.654. The highest BCUT2D eigenvalue weighted by molar-refractivity contribution is 5.89. The zero-order chi connectivity index (χ0) is 32.1. The minimum absolute atomic E-state index is 0.0360. The van der Waals surface area contributed by atoms with Crippen LogP contribution in [0.4, 0.5) is 0 Å². The Kier molecular flexibility index (Phi) is 12.6. The van der Waals surface area contributed by atoms with Gasteiger partial charge < -0.3 is 44.0 Å². The summed E-state index contributed by atoms with van der Waals surface area (Å²) in [4.78, 5) is 0. The highest BCUT2D eigenvalue weighted by Crippen LogP contribution is 2.33. The summed E-state index contributed by atoms with van der Waals surface area (Å²) in [6, 6.07) is 28.2. The minimum atomic E-state index is -0.943. The van der Waals surface area contributed by atoms with Crippen LogP contribution in [-0.4, -0.2) is 82.3 Å². The lowest BCUT2D eigenvalue weighted by atomic mass is 9.85. The first-order valence-corrected chi connectivity index (χ1v) is 15.8. The molecule has 0 spiro atoms. The maximum atomic E-state index is 9.98. The highest BCUT2D eigenvalue weighted by Gasteiger charge is 2.36. The maximum absolute atomic E-state index is 9.98. The van der Waals surface area contributed by atoms with Gasteiger partial charge in [0.2, 0.25) is 0 Å². The molecule has 4 aromatic rings. The molecule has 4 aromatic carbocycles. The fourth-order valence-electron chi connectivity index (χ4n) is 5.83. The van der Waals surface area contributed by atoms with Crippen LogP contribution in [0.1, 0.15) is 29.0 Å². The van der Waals surface area contributed by atoms with Crippen LogP contribution in [0.3, 0.4) is 0 Å². The molecular weight excluding hydrogens is 586 g/mol. The first-order chi connectivity index (χ1) is 22.6. The Balaban J connectivity index is 1.20. The van der Waals surface area contributed by atoms with Gasteiger partial charge in [0.15, 0.2) is 0 Å². The molecule has 1 saturated heterocycles. The maximum Gasteiger partial charge on any atom is 0.127 e. The van der Waals surface area contributed by atoms with Gasteiger partial charge in [-0.25, -0.2) is 0 Å². The molecule has 0 aliphatic carbocycles. The fourth-order valence-corrected chi connectivity index (χ4v) is 5.83. The summed E-state index contributed by atoms with van der Waals surface area (Å²) in [5.41, 5.74) is 3.09. The van der Waals surface area contributed by atoms with Gasteiger partial charge in [-0.2, -0.15) is 0 Å². The normalized spacial score (nSPS) is 18.7. The number of ether oxygens (including phenoxy) is 6. The Hall–Kier alpha value is -3.70. The monoisotopic (exact) mass is 631 g/mol. The third-order valence-electron chi connectivity index (χ3n) is 8.19. The van der Waals surface area contributed by atoms with E-state index in [0.717, 1.165) is 51.1 Å². The van der Waals surface area contributed by atoms with Gasteiger partial charge in [0.25, 0.3) is 0 Å². The molecule has 246 valence electrons. The number of hydrogen-bond acceptors (Lipinski definition) is 9. The van der Waals surface area contributed by atoms with Crippen molar-refractivity contribution in [3.05, 3.63) is 102 Å². The van der Waals surface area contributed by atoms with Crippen LogP contribution < -0.4 is 19.5 Å². The van der Waals surface area contributed by atoms with Crippen molar-refractivity contribution in [3.8, 4) is 17.2 Å². The van der Waals surface area contributed by atoms with Gasteiger partial charge in [-0.1, -0.05) is 54.6 Å². The standard InChI is InChI=1S/C37H45NO8/c1-41-33-11-6-4-9-29(33)24-43-16-7-17-44-31-14-12-27(13-15-31)37-35(20-38-21-36(37)46-25-30(40)22-39)45-23-26-18-28-8-3-5-10-32(28)34(19-26)42-2/h3-6,8-15,18-19,30,35-40H,7,16-17,20-25H2,1-2H3. The largest absolute Gasteiger partial charge is 0.496 e. The number of fused-ring (bicyclic) bond motifs is 1. The highest BCUT2D eigenvalue weighted by atomic mass is 16.5. The minimum Gasteiger partial charge on any atom is -0.496 e. The number of aliphatic hydroxyl groups is 2. The Labute approximate surface area is 271 Å². The van der Waals surface area contributed by atoms with Crippen LogP contribution in [0.15, 0.2) is 84.9 Å². The van der Waals surface area contributed by atoms with Crippen molar-refractivity contribution in [3.63, 3.8) is 0 Å². The lowest BCUT2D eigenvalue weighted by Gasteiger charge is -2.39. The van der Waals surface area contributed by atoms with E-state index in [1.165, 1.54) is 0 Å². The first kappa shape index (κ1) is 33.7. The van der Waals surface area contributed by atoms with Gasteiger partial charge in [0.1, 0.15) is 23.4 Å². The molecule has 9 heteroatoms. The van der Waals surface area contributed by atoms with E-state index in [4.69, 9.17) is 28.4 Å². The molecule has 0 radical (unpaired) electrons. The van der Waals surface area contributed by atoms with Crippen molar-refractivity contribution in [2.45, 2.75) is 43.9 Å². The molecule has 3 N–H and O–H groups in total. The van der Waals surface area contributed by atoms with Crippen molar-refractivity contribution in [1.82, 2.24) is 5.32 Å². The van der Waals surface area contributed by atoms with E-state index in [-0.39, 0.29) is 31.3 Å². The Morgan fingerprint density at radius 1 is 0.804 bits per heavy atom. The average Bonchev–Trinajstić information content (AvgIpc) is 3.11. The quantitative estimate of drug-likeness (QED) is 0.141. The van der Waals surface area contributed by atoms with Crippen molar-refractivity contribution in [2.75, 3.05) is 53.7 Å². The van der Waals surface area contributed by atoms with Gasteiger partial charge in [-0.3, -0.25) is 0 Å². The topological polar surface area (TPSA) is 108 Å². The molecule has 4 atom stereocenters. The third kappa shape index (κ3) is 8.97. The first-order valence-electron chi connectivity index (χ1n) is 15.8. The van der Waals surface area contributed by atoms with Crippen LogP contribution in [0, 0.1) is 0 Å². The molecule has 1 aliphatic heterocycles. The van der Waals surface area contributed by atoms with Crippen molar-refractivity contribution < 1.29 is 38.6 Å². The fraction of sp³-hybridized carbons (Fsp3) is 0.405. The van der Waals surface area contributed by atoms with Crippen molar-refractivity contribution in [1.29, 1.82) is 0 Å². The van der Waals surface area contributed by atoms with E-state index in [2.05, 4.69) is 29.6 Å². The lowest BCUT2D eigenvalue weighted by molar-refractivity contribution is -0.0833. The third-order valence-corrected chi connectivity index (χ3v) is 8.19. The molecule has 1 fully saturated rings. The van der Waals surface area contributed by atoms with E-state index in [9.17, 15) is 10.2 Å². The second-order valence-corrected chi connectivity index (χ2v) is 11.4. The zero-order valence-electron chi connectivity index (χ0n) is 26.6. The van der Waals surface area contributed by atoms with Gasteiger partial charge in [0.05, 0.1) is 66.1 Å². The van der Waals surface area contributed by atoms with Crippen molar-refractivity contribution >= 4 is 10.8 Å². The summed E-state index contributed by atoms with van der Waals surface area (Å²) in [5, 5.41) is 24.9. The molecule has 1 heterocycles. The number of rotatable bonds is 17. The molecule has 0 amide bonds. The Morgan fingerprint density at radius 2 is 1.54 bits per heavy atom. The molecular formula is C37H45NO8. The van der Waals surface area contributed by atoms with Gasteiger partial charge >= 0.3 is 0 Å². The van der Waals surface area contributed by atoms with Gasteiger partial charge in [-0.15, -0.1) is 0 Å². The van der Waals surface area contributed by atoms with E-state index >= 15 is 0 Å². The summed E-state index contributed by atoms with van der Waals surface area (Å²) < 4.78 is 35.6. The number of hydrogen-bond donors (Lipinski definition) is 3. The van der Waals surface area contributed by atoms with E-state index < -0.39 is 6.10 Å². The Morgan fingerprint density at radius 3 is 2.33 bits per heavy atom. The van der Waals surface area contributed by atoms with Gasteiger partial charge in [-0.05, 0) is 46.8 Å². The molecule has 9 nitrogen and oxygen atoms in total. The SMILES string of the molecule is COc1ccccc1COCCCOc1ccc(C2C(OCc3cc(OC)c4ccccc4c3)CNCC2OCC(O)CO)cc1. The average molecular weight is 632 g/mol. The van der Waals surface area contributed by atoms with Crippen molar-refractivity contribution in [2.24, 2.45) is 0 Å². The van der Waals surface area contributed by atoms with E-state index in [0.29, 0.717) is 39.5 Å². The smallest absolute Gasteiger partial charge is 0.127 e. The van der Waals surface area contributed by atoms with Crippen LogP contribution in [0.25, 0.3) is 10.8 Å². The number of methoxy groups -OCH3 is 2. The van der Waals surface area contributed by atoms with Crippen LogP contribution in [-0.2, 0) is 27.4 Å². The molecule has 0 bridgehead atoms. The second-order valence-electron chi connectivity index (χ2n) is 11.4. The van der Waals surface area contributed by atoms with Crippen LogP contribution in [0.5, 0.6) is 17.2 Å². The molecule has 0 aromatic heterocycles. The molecule has 4 unspecified atom stereocenters. The Bertz CT molecular complexity index is 1500. The lowest BCUT2D eigenvalue weighted by Crippen LogP contribution is -2.51. The second kappa shape index (κ2) is 17.3. The summed E-state index contributed by atoms with van der Waals surface area (Å²) in [7, 11) is 3.34. The number of aliphatic hydroxyl groups excluding tert-OH is 2. The van der Waals surface area contributed by atoms with E-state index in [1.807, 2.05) is 60.7 Å². The molecule has 0 saturated carbocycles. The molecule has 1 aliphatic rings. The summed E-state index contributed by atoms with van der Waals surface area (Å²) in [5.74, 6) is 2.31. The molecule has 5 rings (SSSR count). The van der Waals surface area contributed by atoms with E-state index in [1.54, 1.807) is 14.2 Å². The number of benzene rings is 4. The zero-order valence-corrected chi connectivity index (χ0v) is 26.6. The van der Waals surface area contributed by atoms with Crippen LogP contribution in [0.2, 0.25) is 0 Å². The number of para-hydroxylation sites is 1. The summed E-state index contributed by atoms with van der Waals surface area (Å²) >= 11 is 0. The van der Waals surface area contributed by atoms with Gasteiger partial charge in [0, 0.05) is 36.4 Å². The molecule has 46 heavy (non-hydrogen) atoms. The summed E-state index contributed by atoms with van der Waals surface area (Å²) in [6.45, 7) is 2.92. The number of piperidine rings is 1.